The number of carbonyl (C=O) groups is 1. The smallest absolute Gasteiger partial charge is 0.243 e. The second-order valence-corrected chi connectivity index (χ2v) is 12.0. The van der Waals surface area contributed by atoms with Crippen LogP contribution in [-0.2, 0) is 14.8 Å². The number of rotatable bonds is 5. The van der Waals surface area contributed by atoms with Crippen molar-refractivity contribution in [3.8, 4) is 5.75 Å². The van der Waals surface area contributed by atoms with Crippen molar-refractivity contribution in [2.75, 3.05) is 20.2 Å². The maximum atomic E-state index is 13.3. The number of hydrogen-bond donors (Lipinski definition) is 1. The molecule has 0 unspecified atom stereocenters. The Kier molecular flexibility index (Phi) is 5.09. The molecule has 30 heavy (non-hydrogen) atoms. The third-order valence-electron chi connectivity index (χ3n) is 8.01. The van der Waals surface area contributed by atoms with E-state index in [1.807, 2.05) is 0 Å². The standard InChI is InChI=1S/C23H32N2O4S/c1-29-20-2-4-21(5-3-20)30(27,28)25-8-6-19(7-9-25)24-22(26)23-13-16-10-17(14-23)12-18(11-16)15-23/h2-5,16-19H,6-15H2,1H3,(H,24,26). The third kappa shape index (κ3) is 3.54. The van der Waals surface area contributed by atoms with E-state index in [0.29, 0.717) is 36.6 Å². The zero-order valence-corrected chi connectivity index (χ0v) is 18.5. The van der Waals surface area contributed by atoms with Crippen LogP contribution in [0.15, 0.2) is 29.2 Å². The van der Waals surface area contributed by atoms with Gasteiger partial charge in [0.1, 0.15) is 5.75 Å². The Labute approximate surface area is 179 Å². The summed E-state index contributed by atoms with van der Waals surface area (Å²) in [5.74, 6) is 3.13. The molecule has 6 nitrogen and oxygen atoms in total. The Morgan fingerprint density at radius 3 is 2.03 bits per heavy atom. The first kappa shape index (κ1) is 20.3. The molecule has 4 saturated carbocycles. The number of nitrogens with one attached hydrogen (secondary N) is 1. The summed E-state index contributed by atoms with van der Waals surface area (Å²) in [6, 6.07) is 6.61. The Morgan fingerprint density at radius 1 is 1.00 bits per heavy atom. The predicted molar refractivity (Wildman–Crippen MR) is 114 cm³/mol. The van der Waals surface area contributed by atoms with Crippen molar-refractivity contribution in [3.05, 3.63) is 24.3 Å². The first-order valence-electron chi connectivity index (χ1n) is 11.3. The second-order valence-electron chi connectivity index (χ2n) is 10.0. The van der Waals surface area contributed by atoms with Gasteiger partial charge in [-0.05, 0) is 93.4 Å². The van der Waals surface area contributed by atoms with Crippen LogP contribution < -0.4 is 10.1 Å². The average molecular weight is 433 g/mol. The van der Waals surface area contributed by atoms with Crippen molar-refractivity contribution in [2.45, 2.75) is 62.3 Å². The minimum Gasteiger partial charge on any atom is -0.497 e. The van der Waals surface area contributed by atoms with Crippen LogP contribution in [0.25, 0.3) is 0 Å². The van der Waals surface area contributed by atoms with Crippen LogP contribution in [0.4, 0.5) is 0 Å². The molecule has 0 spiro atoms. The van der Waals surface area contributed by atoms with Gasteiger partial charge < -0.3 is 10.1 Å². The quantitative estimate of drug-likeness (QED) is 0.775. The molecule has 1 N–H and O–H groups in total. The van der Waals surface area contributed by atoms with Crippen molar-refractivity contribution >= 4 is 15.9 Å². The van der Waals surface area contributed by atoms with E-state index in [4.69, 9.17) is 4.74 Å². The lowest BCUT2D eigenvalue weighted by Crippen LogP contribution is -2.56. The highest BCUT2D eigenvalue weighted by Gasteiger charge is 2.54. The molecule has 1 heterocycles. The van der Waals surface area contributed by atoms with Crippen molar-refractivity contribution in [1.82, 2.24) is 9.62 Å². The highest BCUT2D eigenvalue weighted by atomic mass is 32.2. The fraction of sp³-hybridized carbons (Fsp3) is 0.696. The Morgan fingerprint density at radius 2 is 1.53 bits per heavy atom. The molecule has 1 amide bonds. The molecule has 164 valence electrons. The van der Waals surface area contributed by atoms with Crippen LogP contribution in [0, 0.1) is 23.2 Å². The van der Waals surface area contributed by atoms with Gasteiger partial charge in [-0.3, -0.25) is 4.79 Å². The zero-order valence-electron chi connectivity index (χ0n) is 17.7. The SMILES string of the molecule is COc1ccc(S(=O)(=O)N2CCC(NC(=O)C34CC5CC(CC(C5)C3)C4)CC2)cc1. The fourth-order valence-electron chi connectivity index (χ4n) is 6.86. The van der Waals surface area contributed by atoms with Gasteiger partial charge in [-0.25, -0.2) is 8.42 Å². The van der Waals surface area contributed by atoms with Crippen LogP contribution >= 0.6 is 0 Å². The van der Waals surface area contributed by atoms with E-state index in [9.17, 15) is 13.2 Å². The average Bonchev–Trinajstić information content (AvgIpc) is 2.73. The van der Waals surface area contributed by atoms with Gasteiger partial charge in [-0.1, -0.05) is 0 Å². The van der Waals surface area contributed by atoms with Crippen molar-refractivity contribution in [2.24, 2.45) is 23.2 Å². The summed E-state index contributed by atoms with van der Waals surface area (Å²) < 4.78 is 32.5. The van der Waals surface area contributed by atoms with E-state index >= 15 is 0 Å². The number of hydrogen-bond acceptors (Lipinski definition) is 4. The minimum atomic E-state index is -3.51. The summed E-state index contributed by atoms with van der Waals surface area (Å²) in [6.07, 6.45) is 8.53. The summed E-state index contributed by atoms with van der Waals surface area (Å²) in [4.78, 5) is 13.6. The van der Waals surface area contributed by atoms with Gasteiger partial charge in [0, 0.05) is 24.5 Å². The van der Waals surface area contributed by atoms with Crippen molar-refractivity contribution in [1.29, 1.82) is 0 Å². The maximum Gasteiger partial charge on any atom is 0.243 e. The predicted octanol–water partition coefficient (Wildman–Crippen LogP) is 3.18. The van der Waals surface area contributed by atoms with Gasteiger partial charge in [-0.2, -0.15) is 4.31 Å². The third-order valence-corrected chi connectivity index (χ3v) is 9.92. The number of sulfonamides is 1. The highest BCUT2D eigenvalue weighted by molar-refractivity contribution is 7.89. The lowest BCUT2D eigenvalue weighted by Gasteiger charge is -2.56. The Balaban J connectivity index is 1.19. The minimum absolute atomic E-state index is 0.0767. The monoisotopic (exact) mass is 432 g/mol. The molecule has 1 saturated heterocycles. The van der Waals surface area contributed by atoms with Crippen LogP contribution in [0.5, 0.6) is 5.75 Å². The summed E-state index contributed by atoms with van der Waals surface area (Å²) in [5.41, 5.74) is -0.138. The van der Waals surface area contributed by atoms with Gasteiger partial charge in [-0.15, -0.1) is 0 Å². The molecule has 1 aromatic rings. The van der Waals surface area contributed by atoms with Gasteiger partial charge >= 0.3 is 0 Å². The summed E-state index contributed by atoms with van der Waals surface area (Å²) in [5, 5.41) is 3.33. The van der Waals surface area contributed by atoms with Gasteiger partial charge in [0.15, 0.2) is 0 Å². The molecular formula is C23H32N2O4S. The van der Waals surface area contributed by atoms with E-state index in [2.05, 4.69) is 5.32 Å². The van der Waals surface area contributed by atoms with Gasteiger partial charge in [0.2, 0.25) is 15.9 Å². The topological polar surface area (TPSA) is 75.7 Å². The number of methoxy groups -OCH3 is 1. The largest absolute Gasteiger partial charge is 0.497 e. The lowest BCUT2D eigenvalue weighted by molar-refractivity contribution is -0.147. The lowest BCUT2D eigenvalue weighted by atomic mass is 9.49. The molecule has 1 aliphatic heterocycles. The van der Waals surface area contributed by atoms with Crippen LogP contribution in [-0.4, -0.2) is 44.9 Å². The number of ether oxygens (including phenoxy) is 1. The van der Waals surface area contributed by atoms with Gasteiger partial charge in [0.05, 0.1) is 12.0 Å². The van der Waals surface area contributed by atoms with Crippen LogP contribution in [0.1, 0.15) is 51.4 Å². The summed E-state index contributed by atoms with van der Waals surface area (Å²) in [6.45, 7) is 0.889. The number of carbonyl (C=O) groups excluding carboxylic acids is 1. The Hall–Kier alpha value is -1.60. The normalized spacial score (nSPS) is 34.1. The molecular weight excluding hydrogens is 400 g/mol. The molecule has 0 atom stereocenters. The van der Waals surface area contributed by atoms with Crippen LogP contribution in [0.3, 0.4) is 0 Å². The summed E-state index contributed by atoms with van der Waals surface area (Å²) in [7, 11) is -1.95. The summed E-state index contributed by atoms with van der Waals surface area (Å²) >= 11 is 0. The molecule has 6 rings (SSSR count). The van der Waals surface area contributed by atoms with E-state index in [0.717, 1.165) is 37.0 Å². The molecule has 4 aliphatic carbocycles. The molecule has 7 heteroatoms. The van der Waals surface area contributed by atoms with Gasteiger partial charge in [0.25, 0.3) is 0 Å². The number of benzene rings is 1. The first-order valence-corrected chi connectivity index (χ1v) is 12.8. The molecule has 4 bridgehead atoms. The van der Waals surface area contributed by atoms with Crippen molar-refractivity contribution in [3.63, 3.8) is 0 Å². The molecule has 0 aromatic heterocycles. The number of nitrogens with zero attached hydrogens (tertiary/aromatic N) is 1. The Bertz CT molecular complexity index is 868. The maximum absolute atomic E-state index is 13.3. The first-order chi connectivity index (χ1) is 14.4. The van der Waals surface area contributed by atoms with E-state index in [-0.39, 0.29) is 17.4 Å². The molecule has 1 aromatic carbocycles. The van der Waals surface area contributed by atoms with Crippen molar-refractivity contribution < 1.29 is 17.9 Å². The number of piperidine rings is 1. The molecule has 0 radical (unpaired) electrons. The second kappa shape index (κ2) is 7.52. The number of amides is 1. The molecule has 5 fully saturated rings. The fourth-order valence-corrected chi connectivity index (χ4v) is 8.33. The molecule has 5 aliphatic rings. The van der Waals surface area contributed by atoms with E-state index in [1.165, 1.54) is 19.3 Å². The zero-order chi connectivity index (χ0) is 20.9. The van der Waals surface area contributed by atoms with E-state index in [1.54, 1.807) is 35.7 Å². The van der Waals surface area contributed by atoms with E-state index < -0.39 is 10.0 Å². The van der Waals surface area contributed by atoms with Crippen LogP contribution in [0.2, 0.25) is 0 Å². The highest BCUT2D eigenvalue weighted by Crippen LogP contribution is 2.60.